The van der Waals surface area contributed by atoms with Crippen molar-refractivity contribution in [3.8, 4) is 0 Å². The minimum atomic E-state index is -1.82. The van der Waals surface area contributed by atoms with Crippen LogP contribution in [-0.2, 0) is 19.1 Å². The number of ether oxygens (including phenoxy) is 1. The average molecular weight is 338 g/mol. The Hall–Kier alpha value is -2.37. The van der Waals surface area contributed by atoms with Crippen molar-refractivity contribution in [3.63, 3.8) is 0 Å². The molecule has 0 aliphatic carbocycles. The number of carbonyl (C=O) groups excluding carboxylic acids is 1. The fourth-order valence-electron chi connectivity index (χ4n) is 2.16. The van der Waals surface area contributed by atoms with Gasteiger partial charge < -0.3 is 14.9 Å². The third kappa shape index (κ3) is 11.2. The summed E-state index contributed by atoms with van der Waals surface area (Å²) in [7, 11) is 0. The Morgan fingerprint density at radius 3 is 2.04 bits per heavy atom. The molecule has 0 aromatic heterocycles. The summed E-state index contributed by atoms with van der Waals surface area (Å²) in [5.41, 5.74) is 1.10. The fourth-order valence-corrected chi connectivity index (χ4v) is 2.16. The molecular weight excluding hydrogens is 312 g/mol. The van der Waals surface area contributed by atoms with E-state index >= 15 is 0 Å². The molecule has 6 nitrogen and oxygen atoms in total. The Labute approximate surface area is 142 Å². The first-order valence-corrected chi connectivity index (χ1v) is 8.13. The number of benzene rings is 1. The summed E-state index contributed by atoms with van der Waals surface area (Å²) in [4.78, 5) is 28.7. The smallest absolute Gasteiger partial charge is 0.414 e. The number of carboxylic acid groups (broad SMARTS) is 2. The summed E-state index contributed by atoms with van der Waals surface area (Å²) < 4.78 is 5.18. The van der Waals surface area contributed by atoms with Crippen molar-refractivity contribution in [1.82, 2.24) is 0 Å². The molecule has 134 valence electrons. The van der Waals surface area contributed by atoms with Crippen LogP contribution in [-0.4, -0.2) is 28.6 Å². The van der Waals surface area contributed by atoms with Gasteiger partial charge >= 0.3 is 11.9 Å². The monoisotopic (exact) mass is 338 g/mol. The molecule has 0 bridgehead atoms. The first kappa shape index (κ1) is 21.6. The molecular formula is C18H26O6. The van der Waals surface area contributed by atoms with Gasteiger partial charge in [0.2, 0.25) is 0 Å². The molecule has 0 heterocycles. The van der Waals surface area contributed by atoms with Crippen LogP contribution in [0.1, 0.15) is 63.5 Å². The van der Waals surface area contributed by atoms with Crippen molar-refractivity contribution < 1.29 is 29.3 Å². The normalized spacial score (nSPS) is 10.9. The molecule has 1 aromatic rings. The van der Waals surface area contributed by atoms with Gasteiger partial charge in [0, 0.05) is 0 Å². The van der Waals surface area contributed by atoms with E-state index in [0.29, 0.717) is 6.47 Å². The predicted octanol–water partition coefficient (Wildman–Crippen LogP) is 3.81. The maximum atomic E-state index is 10.5. The van der Waals surface area contributed by atoms with Gasteiger partial charge in [-0.05, 0) is 18.4 Å². The summed E-state index contributed by atoms with van der Waals surface area (Å²) in [6.45, 7) is 2.79. The number of hydrogen-bond acceptors (Lipinski definition) is 4. The van der Waals surface area contributed by atoms with Crippen molar-refractivity contribution in [2.45, 2.75) is 58.0 Å². The van der Waals surface area contributed by atoms with E-state index in [0.717, 1.165) is 18.4 Å². The van der Waals surface area contributed by atoms with Gasteiger partial charge in [-0.15, -0.1) is 0 Å². The lowest BCUT2D eigenvalue weighted by atomic mass is 10.0. The zero-order valence-electron chi connectivity index (χ0n) is 14.0. The molecule has 0 fully saturated rings. The molecule has 0 aliphatic rings. The van der Waals surface area contributed by atoms with Crippen molar-refractivity contribution in [1.29, 1.82) is 0 Å². The molecule has 2 N–H and O–H groups in total. The number of rotatable bonds is 10. The maximum Gasteiger partial charge on any atom is 0.414 e. The first-order valence-electron chi connectivity index (χ1n) is 8.13. The Balaban J connectivity index is 0.000000754. The fraction of sp³-hybridized carbons (Fsp3) is 0.500. The van der Waals surface area contributed by atoms with E-state index in [2.05, 4.69) is 6.92 Å². The molecule has 0 spiro atoms. The standard InChI is InChI=1S/C16H24O2.C2H2O4/c1-2-3-4-5-6-10-13-16(18-14-17)15-11-8-7-9-12-15;3-1(4)2(5)6/h7-9,11-12,14,16H,2-6,10,13H2,1H3;(H,3,4)(H,5,6). The van der Waals surface area contributed by atoms with Crippen LogP contribution in [0, 0.1) is 0 Å². The zero-order valence-corrected chi connectivity index (χ0v) is 14.0. The summed E-state index contributed by atoms with van der Waals surface area (Å²) in [5.74, 6) is -3.65. The minimum absolute atomic E-state index is 0.0742. The molecule has 24 heavy (non-hydrogen) atoms. The summed E-state index contributed by atoms with van der Waals surface area (Å²) in [5, 5.41) is 14.8. The Bertz CT molecular complexity index is 460. The van der Waals surface area contributed by atoms with E-state index in [1.54, 1.807) is 0 Å². The molecule has 1 aromatic carbocycles. The van der Waals surface area contributed by atoms with Gasteiger partial charge in [-0.25, -0.2) is 9.59 Å². The van der Waals surface area contributed by atoms with Crippen LogP contribution in [0.15, 0.2) is 30.3 Å². The molecule has 1 unspecified atom stereocenters. The number of carbonyl (C=O) groups is 3. The third-order valence-corrected chi connectivity index (χ3v) is 3.39. The summed E-state index contributed by atoms with van der Waals surface area (Å²) in [6, 6.07) is 9.98. The van der Waals surface area contributed by atoms with E-state index in [-0.39, 0.29) is 6.10 Å². The predicted molar refractivity (Wildman–Crippen MR) is 89.6 cm³/mol. The van der Waals surface area contributed by atoms with Gasteiger partial charge in [0.1, 0.15) is 6.10 Å². The lowest BCUT2D eigenvalue weighted by Crippen LogP contribution is -2.09. The van der Waals surface area contributed by atoms with E-state index in [9.17, 15) is 4.79 Å². The van der Waals surface area contributed by atoms with Gasteiger partial charge in [-0.2, -0.15) is 0 Å². The SMILES string of the molecule is CCCCCCCCC(OC=O)c1ccccc1.O=C(O)C(=O)O. The Morgan fingerprint density at radius 1 is 1.00 bits per heavy atom. The van der Waals surface area contributed by atoms with Crippen LogP contribution >= 0.6 is 0 Å². The van der Waals surface area contributed by atoms with Crippen molar-refractivity contribution in [3.05, 3.63) is 35.9 Å². The number of unbranched alkanes of at least 4 members (excludes halogenated alkanes) is 5. The molecule has 1 rings (SSSR count). The second-order valence-corrected chi connectivity index (χ2v) is 5.30. The van der Waals surface area contributed by atoms with Gasteiger partial charge in [0.05, 0.1) is 0 Å². The molecule has 0 radical (unpaired) electrons. The van der Waals surface area contributed by atoms with Gasteiger partial charge in [0.25, 0.3) is 6.47 Å². The highest BCUT2D eigenvalue weighted by Gasteiger charge is 2.11. The van der Waals surface area contributed by atoms with Crippen LogP contribution in [0.25, 0.3) is 0 Å². The van der Waals surface area contributed by atoms with Crippen LogP contribution in [0.3, 0.4) is 0 Å². The Morgan fingerprint density at radius 2 is 1.54 bits per heavy atom. The molecule has 0 amide bonds. The highest BCUT2D eigenvalue weighted by Crippen LogP contribution is 2.23. The van der Waals surface area contributed by atoms with E-state index in [1.165, 1.54) is 32.1 Å². The van der Waals surface area contributed by atoms with Gasteiger partial charge in [-0.1, -0.05) is 69.4 Å². The van der Waals surface area contributed by atoms with Crippen molar-refractivity contribution in [2.24, 2.45) is 0 Å². The average Bonchev–Trinajstić information content (AvgIpc) is 2.58. The maximum absolute atomic E-state index is 10.5. The molecule has 6 heteroatoms. The van der Waals surface area contributed by atoms with Crippen molar-refractivity contribution >= 4 is 18.4 Å². The summed E-state index contributed by atoms with van der Waals surface area (Å²) >= 11 is 0. The first-order chi connectivity index (χ1) is 11.5. The van der Waals surface area contributed by atoms with Crippen LogP contribution < -0.4 is 0 Å². The van der Waals surface area contributed by atoms with E-state index in [1.807, 2.05) is 30.3 Å². The van der Waals surface area contributed by atoms with Gasteiger partial charge in [-0.3, -0.25) is 4.79 Å². The highest BCUT2D eigenvalue weighted by atomic mass is 16.5. The Kier molecular flexibility index (Phi) is 12.8. The second-order valence-electron chi connectivity index (χ2n) is 5.30. The quantitative estimate of drug-likeness (QED) is 0.382. The molecule has 0 saturated heterocycles. The number of aliphatic carboxylic acids is 2. The van der Waals surface area contributed by atoms with Crippen LogP contribution in [0.5, 0.6) is 0 Å². The third-order valence-electron chi connectivity index (χ3n) is 3.39. The summed E-state index contributed by atoms with van der Waals surface area (Å²) in [6.07, 6.45) is 8.41. The second kappa shape index (κ2) is 14.2. The van der Waals surface area contributed by atoms with E-state index in [4.69, 9.17) is 24.5 Å². The number of hydrogen-bond donors (Lipinski definition) is 2. The molecule has 1 atom stereocenters. The van der Waals surface area contributed by atoms with E-state index < -0.39 is 11.9 Å². The topological polar surface area (TPSA) is 101 Å². The van der Waals surface area contributed by atoms with Crippen LogP contribution in [0.4, 0.5) is 0 Å². The lowest BCUT2D eigenvalue weighted by Gasteiger charge is -2.15. The molecule has 0 saturated carbocycles. The number of carboxylic acids is 2. The zero-order chi connectivity index (χ0) is 18.2. The van der Waals surface area contributed by atoms with Gasteiger partial charge in [0.15, 0.2) is 0 Å². The highest BCUT2D eigenvalue weighted by molar-refractivity contribution is 6.27. The minimum Gasteiger partial charge on any atom is -0.473 e. The van der Waals surface area contributed by atoms with Crippen molar-refractivity contribution in [2.75, 3.05) is 0 Å². The largest absolute Gasteiger partial charge is 0.473 e. The van der Waals surface area contributed by atoms with Crippen LogP contribution in [0.2, 0.25) is 0 Å². The lowest BCUT2D eigenvalue weighted by molar-refractivity contribution is -0.159. The molecule has 0 aliphatic heterocycles.